The Morgan fingerprint density at radius 2 is 1.09 bits per heavy atom. The summed E-state index contributed by atoms with van der Waals surface area (Å²) in [6.07, 6.45) is 22.5. The standard InChI is InChI=1S/C33H36Cl2N6O4.C23H20Cl2N6/c1-32(2,3)44-30(42)40(15-7-8-22-11-13-36-14-12-22)25-16-23(18-37-19-25)28-20-38-21-29(39-28)41(31(43)45-33(4,5)6)24-9-10-26(34)27(35)17-24;24-20-4-3-18(11-21(20)25)30-23-15-28-14-22(31-23)17-10-19(13-27-12-17)29-7-1-2-16-5-8-26-9-6-16/h9-14,16-21H,7-8,15H2,1-6H3;3-6,8-15,29H,1-2,7H2,(H,30,31). The molecule has 0 fully saturated rings. The van der Waals surface area contributed by atoms with Gasteiger partial charge in [-0.1, -0.05) is 46.4 Å². The van der Waals surface area contributed by atoms with Gasteiger partial charge in [0.05, 0.1) is 79.5 Å². The van der Waals surface area contributed by atoms with E-state index in [-0.39, 0.29) is 10.8 Å². The van der Waals surface area contributed by atoms with E-state index < -0.39 is 23.4 Å². The van der Waals surface area contributed by atoms with Crippen molar-refractivity contribution in [2.75, 3.05) is 33.5 Å². The molecule has 2 amide bonds. The highest BCUT2D eigenvalue weighted by atomic mass is 35.5. The second-order valence-electron chi connectivity index (χ2n) is 19.1. The van der Waals surface area contributed by atoms with Crippen LogP contribution in [0.4, 0.5) is 44.0 Å². The molecule has 6 aromatic heterocycles. The molecule has 76 heavy (non-hydrogen) atoms. The number of nitrogens with one attached hydrogen (secondary N) is 2. The molecule has 8 aromatic rings. The molecule has 0 aliphatic heterocycles. The highest BCUT2D eigenvalue weighted by Gasteiger charge is 2.28. The fourth-order valence-corrected chi connectivity index (χ4v) is 7.84. The molecule has 16 nitrogen and oxygen atoms in total. The average molecular weight is 1100 g/mol. The summed E-state index contributed by atoms with van der Waals surface area (Å²) >= 11 is 24.5. The number of carbonyl (C=O) groups excluding carboxylic acids is 2. The van der Waals surface area contributed by atoms with E-state index in [2.05, 4.69) is 45.5 Å². The molecule has 6 heterocycles. The maximum atomic E-state index is 13.4. The normalized spacial score (nSPS) is 11.2. The van der Waals surface area contributed by atoms with E-state index in [1.165, 1.54) is 16.7 Å². The van der Waals surface area contributed by atoms with Gasteiger partial charge in [0.25, 0.3) is 0 Å². The van der Waals surface area contributed by atoms with Crippen LogP contribution in [0.15, 0.2) is 147 Å². The summed E-state index contributed by atoms with van der Waals surface area (Å²) in [4.78, 5) is 64.5. The first kappa shape index (κ1) is 56.2. The van der Waals surface area contributed by atoms with Crippen molar-refractivity contribution in [1.29, 1.82) is 0 Å². The number of nitrogens with zero attached hydrogens (tertiary/aromatic N) is 10. The van der Waals surface area contributed by atoms with Crippen LogP contribution in [-0.2, 0) is 22.3 Å². The van der Waals surface area contributed by atoms with E-state index in [9.17, 15) is 9.59 Å². The van der Waals surface area contributed by atoms with Gasteiger partial charge < -0.3 is 20.1 Å². The summed E-state index contributed by atoms with van der Waals surface area (Å²) in [7, 11) is 0. The molecular formula is C56H56Cl4N12O4. The highest BCUT2D eigenvalue weighted by molar-refractivity contribution is 6.42. The number of rotatable bonds is 16. The minimum atomic E-state index is -0.780. The summed E-state index contributed by atoms with van der Waals surface area (Å²) in [5.41, 5.74) is 6.15. The second-order valence-corrected chi connectivity index (χ2v) is 20.7. The van der Waals surface area contributed by atoms with Crippen molar-refractivity contribution in [1.82, 2.24) is 39.9 Å². The highest BCUT2D eigenvalue weighted by Crippen LogP contribution is 2.34. The lowest BCUT2D eigenvalue weighted by Crippen LogP contribution is -2.37. The smallest absolute Gasteiger partial charge is 0.420 e. The largest absolute Gasteiger partial charge is 0.443 e. The monoisotopic (exact) mass is 1100 g/mol. The van der Waals surface area contributed by atoms with Crippen molar-refractivity contribution in [2.45, 2.75) is 78.4 Å². The molecule has 392 valence electrons. The van der Waals surface area contributed by atoms with Gasteiger partial charge in [-0.2, -0.15) is 0 Å². The SMILES string of the molecule is CC(C)(C)OC(=O)N(CCCc1ccncc1)c1cncc(-c2cncc(N(C(=O)OC(C)(C)C)c3ccc(Cl)c(Cl)c3)n2)c1.Clc1ccc(Nc2cncc(-c3cncc(NCCCc4ccncc4)c3)n2)cc1Cl. The van der Waals surface area contributed by atoms with Crippen molar-refractivity contribution in [3.05, 3.63) is 178 Å². The van der Waals surface area contributed by atoms with E-state index in [0.717, 1.165) is 54.0 Å². The Balaban J connectivity index is 0.000000236. The number of hydrogen-bond acceptors (Lipinski definition) is 14. The van der Waals surface area contributed by atoms with Gasteiger partial charge in [0.2, 0.25) is 0 Å². The Morgan fingerprint density at radius 1 is 0.526 bits per heavy atom. The number of anilines is 6. The van der Waals surface area contributed by atoms with Gasteiger partial charge in [0.1, 0.15) is 17.0 Å². The lowest BCUT2D eigenvalue weighted by molar-refractivity contribution is 0.0574. The quantitative estimate of drug-likeness (QED) is 0.0870. The molecule has 0 unspecified atom stereocenters. The molecule has 0 bridgehead atoms. The van der Waals surface area contributed by atoms with Crippen LogP contribution in [0.1, 0.15) is 65.5 Å². The average Bonchev–Trinajstić information content (AvgIpc) is 3.39. The molecule has 20 heteroatoms. The molecule has 0 spiro atoms. The van der Waals surface area contributed by atoms with Crippen molar-refractivity contribution >= 4 is 93.0 Å². The Bertz CT molecular complexity index is 3220. The van der Waals surface area contributed by atoms with Crippen molar-refractivity contribution in [3.63, 3.8) is 0 Å². The molecule has 0 radical (unpaired) electrons. The number of hydrogen-bond donors (Lipinski definition) is 2. The van der Waals surface area contributed by atoms with E-state index in [1.54, 1.807) is 118 Å². The van der Waals surface area contributed by atoms with Gasteiger partial charge in [-0.3, -0.25) is 34.8 Å². The van der Waals surface area contributed by atoms with Gasteiger partial charge >= 0.3 is 12.2 Å². The number of halogens is 4. The van der Waals surface area contributed by atoms with Crippen LogP contribution in [0.2, 0.25) is 20.1 Å². The maximum absolute atomic E-state index is 13.4. The Morgan fingerprint density at radius 3 is 1.74 bits per heavy atom. The Kier molecular flexibility index (Phi) is 19.5. The van der Waals surface area contributed by atoms with E-state index in [4.69, 9.17) is 60.9 Å². The van der Waals surface area contributed by atoms with Gasteiger partial charge in [-0.15, -0.1) is 0 Å². The fourth-order valence-electron chi connectivity index (χ4n) is 7.25. The first-order valence-corrected chi connectivity index (χ1v) is 25.7. The van der Waals surface area contributed by atoms with Crippen LogP contribution in [0.25, 0.3) is 22.5 Å². The lowest BCUT2D eigenvalue weighted by Gasteiger charge is -2.28. The Labute approximate surface area is 462 Å². The summed E-state index contributed by atoms with van der Waals surface area (Å²) in [5, 5.41) is 8.19. The fraction of sp³-hybridized carbons (Fsp3) is 0.250. The van der Waals surface area contributed by atoms with Crippen molar-refractivity contribution in [2.24, 2.45) is 0 Å². The Hall–Kier alpha value is -7.50. The molecular weight excluding hydrogens is 1050 g/mol. The predicted octanol–water partition coefficient (Wildman–Crippen LogP) is 14.7. The van der Waals surface area contributed by atoms with Gasteiger partial charge in [0, 0.05) is 73.3 Å². The van der Waals surface area contributed by atoms with Crippen LogP contribution in [0.5, 0.6) is 0 Å². The topological polar surface area (TPSA) is 186 Å². The molecule has 0 saturated carbocycles. The number of pyridine rings is 4. The van der Waals surface area contributed by atoms with Gasteiger partial charge in [-0.05, 0) is 151 Å². The number of aryl methyl sites for hydroxylation is 2. The molecule has 0 aliphatic rings. The minimum absolute atomic E-state index is 0.187. The summed E-state index contributed by atoms with van der Waals surface area (Å²) in [5.74, 6) is 0.790. The van der Waals surface area contributed by atoms with Gasteiger partial charge in [0.15, 0.2) is 5.82 Å². The maximum Gasteiger partial charge on any atom is 0.420 e. The third-order valence-electron chi connectivity index (χ3n) is 10.7. The molecule has 2 N–H and O–H groups in total. The zero-order valence-corrected chi connectivity index (χ0v) is 45.7. The summed E-state index contributed by atoms with van der Waals surface area (Å²) in [6, 6.07) is 21.9. The molecule has 2 aromatic carbocycles. The first-order valence-electron chi connectivity index (χ1n) is 24.1. The first-order chi connectivity index (χ1) is 36.4. The van der Waals surface area contributed by atoms with E-state index in [1.807, 2.05) is 69.6 Å². The molecule has 8 rings (SSSR count). The number of benzene rings is 2. The van der Waals surface area contributed by atoms with Crippen molar-refractivity contribution < 1.29 is 19.1 Å². The van der Waals surface area contributed by atoms with Crippen LogP contribution in [0.3, 0.4) is 0 Å². The number of amides is 2. The zero-order valence-electron chi connectivity index (χ0n) is 42.7. The van der Waals surface area contributed by atoms with Crippen molar-refractivity contribution in [3.8, 4) is 22.5 Å². The van der Waals surface area contributed by atoms with Crippen LogP contribution < -0.4 is 20.4 Å². The lowest BCUT2D eigenvalue weighted by atomic mass is 10.1. The third-order valence-corrected chi connectivity index (χ3v) is 12.2. The second kappa shape index (κ2) is 26.3. The number of carbonyl (C=O) groups is 2. The third kappa shape index (κ3) is 17.0. The van der Waals surface area contributed by atoms with Crippen LogP contribution in [-0.4, -0.2) is 76.3 Å². The molecule has 0 aliphatic carbocycles. The van der Waals surface area contributed by atoms with Gasteiger partial charge in [-0.25, -0.2) is 24.5 Å². The predicted molar refractivity (Wildman–Crippen MR) is 302 cm³/mol. The summed E-state index contributed by atoms with van der Waals surface area (Å²) in [6.45, 7) is 12.0. The number of ether oxygens (including phenoxy) is 2. The zero-order chi connectivity index (χ0) is 54.2. The van der Waals surface area contributed by atoms with E-state index in [0.29, 0.717) is 56.5 Å². The minimum Gasteiger partial charge on any atom is -0.443 e. The molecule has 0 saturated heterocycles. The summed E-state index contributed by atoms with van der Waals surface area (Å²) < 4.78 is 11.4. The number of aromatic nitrogens is 8. The van der Waals surface area contributed by atoms with E-state index >= 15 is 0 Å². The van der Waals surface area contributed by atoms with Crippen LogP contribution in [0, 0.1) is 0 Å². The van der Waals surface area contributed by atoms with Crippen LogP contribution >= 0.6 is 46.4 Å². The molecule has 0 atom stereocenters.